The van der Waals surface area contributed by atoms with Gasteiger partial charge in [-0.15, -0.1) is 0 Å². The molecular weight excluding hydrogens is 218 g/mol. The minimum Gasteiger partial charge on any atom is -0.464 e. The fraction of sp³-hybridized carbons (Fsp3) is 0.923. The molecule has 2 aliphatic rings. The number of hydrogen-bond acceptors (Lipinski definition) is 4. The van der Waals surface area contributed by atoms with Crippen LogP contribution in [0.2, 0.25) is 0 Å². The summed E-state index contributed by atoms with van der Waals surface area (Å²) in [4.78, 5) is 14.3. The second-order valence-corrected chi connectivity index (χ2v) is 5.64. The number of esters is 1. The molecule has 2 rings (SSSR count). The number of likely N-dealkylation sites (tertiary alicyclic amines) is 1. The van der Waals surface area contributed by atoms with Gasteiger partial charge < -0.3 is 14.4 Å². The zero-order valence-electron chi connectivity index (χ0n) is 11.4. The minimum atomic E-state index is -0.724. The van der Waals surface area contributed by atoms with Crippen molar-refractivity contribution in [3.05, 3.63) is 0 Å². The van der Waals surface area contributed by atoms with E-state index in [1.807, 2.05) is 13.8 Å². The zero-order chi connectivity index (χ0) is 12.8. The number of rotatable bonds is 2. The average molecular weight is 241 g/mol. The highest BCUT2D eigenvalue weighted by atomic mass is 16.7. The number of piperidine rings is 1. The van der Waals surface area contributed by atoms with Gasteiger partial charge in [-0.2, -0.15) is 0 Å². The van der Waals surface area contributed by atoms with E-state index >= 15 is 0 Å². The van der Waals surface area contributed by atoms with Crippen molar-refractivity contribution in [1.29, 1.82) is 0 Å². The van der Waals surface area contributed by atoms with Crippen LogP contribution in [-0.2, 0) is 14.3 Å². The van der Waals surface area contributed by atoms with Crippen LogP contribution in [0.25, 0.3) is 0 Å². The Morgan fingerprint density at radius 3 is 2.76 bits per heavy atom. The summed E-state index contributed by atoms with van der Waals surface area (Å²) in [6.07, 6.45) is 0.903. The fourth-order valence-corrected chi connectivity index (χ4v) is 3.18. The van der Waals surface area contributed by atoms with E-state index in [4.69, 9.17) is 9.47 Å². The van der Waals surface area contributed by atoms with Crippen molar-refractivity contribution in [3.8, 4) is 0 Å². The van der Waals surface area contributed by atoms with Crippen molar-refractivity contribution < 1.29 is 14.3 Å². The maximum Gasteiger partial charge on any atom is 0.341 e. The molecule has 2 fully saturated rings. The van der Waals surface area contributed by atoms with Crippen molar-refractivity contribution in [2.45, 2.75) is 51.4 Å². The Bertz CT molecular complexity index is 333. The quantitative estimate of drug-likeness (QED) is 0.542. The van der Waals surface area contributed by atoms with Gasteiger partial charge >= 0.3 is 5.97 Å². The third-order valence-corrected chi connectivity index (χ3v) is 4.53. The van der Waals surface area contributed by atoms with Gasteiger partial charge in [-0.3, -0.25) is 0 Å². The maximum absolute atomic E-state index is 12.0. The van der Waals surface area contributed by atoms with Gasteiger partial charge in [0, 0.05) is 18.5 Å². The number of ether oxygens (including phenoxy) is 2. The van der Waals surface area contributed by atoms with Gasteiger partial charge in [-0.1, -0.05) is 6.92 Å². The molecule has 0 radical (unpaired) electrons. The van der Waals surface area contributed by atoms with Crippen LogP contribution < -0.4 is 0 Å². The highest BCUT2D eigenvalue weighted by Crippen LogP contribution is 2.58. The first-order valence-corrected chi connectivity index (χ1v) is 6.45. The molecule has 0 amide bonds. The van der Waals surface area contributed by atoms with Crippen LogP contribution >= 0.6 is 0 Å². The summed E-state index contributed by atoms with van der Waals surface area (Å²) in [6.45, 7) is 9.43. The van der Waals surface area contributed by atoms with E-state index in [1.54, 1.807) is 0 Å². The molecule has 0 unspecified atom stereocenters. The first-order chi connectivity index (χ1) is 7.87. The highest BCUT2D eigenvalue weighted by molar-refractivity contribution is 5.84. The molecule has 0 N–H and O–H groups in total. The number of nitrogens with zero attached hydrogens (tertiary/aromatic N) is 1. The smallest absolute Gasteiger partial charge is 0.341 e. The van der Waals surface area contributed by atoms with Crippen molar-refractivity contribution in [3.63, 3.8) is 0 Å². The van der Waals surface area contributed by atoms with Crippen LogP contribution in [0.5, 0.6) is 0 Å². The molecule has 4 heteroatoms. The summed E-state index contributed by atoms with van der Waals surface area (Å²) in [5.74, 6) is 0.154. The Hall–Kier alpha value is -0.610. The monoisotopic (exact) mass is 241 g/mol. The molecule has 2 saturated heterocycles. The predicted octanol–water partition coefficient (Wildman–Crippen LogP) is 1.44. The Labute approximate surface area is 103 Å². The molecule has 0 aromatic rings. The molecule has 1 spiro atoms. The van der Waals surface area contributed by atoms with Gasteiger partial charge in [0.1, 0.15) is 5.60 Å². The summed E-state index contributed by atoms with van der Waals surface area (Å²) < 4.78 is 11.0. The summed E-state index contributed by atoms with van der Waals surface area (Å²) >= 11 is 0. The number of epoxide rings is 1. The van der Waals surface area contributed by atoms with Crippen molar-refractivity contribution in [1.82, 2.24) is 4.90 Å². The van der Waals surface area contributed by atoms with Crippen molar-refractivity contribution in [2.75, 3.05) is 20.2 Å². The lowest BCUT2D eigenvalue weighted by molar-refractivity contribution is -0.149. The van der Waals surface area contributed by atoms with E-state index in [9.17, 15) is 4.79 Å². The van der Waals surface area contributed by atoms with Crippen molar-refractivity contribution in [2.24, 2.45) is 5.92 Å². The van der Waals surface area contributed by atoms with Gasteiger partial charge in [0.2, 0.25) is 0 Å². The molecule has 0 aromatic carbocycles. The van der Waals surface area contributed by atoms with Gasteiger partial charge in [-0.25, -0.2) is 4.79 Å². The Morgan fingerprint density at radius 2 is 2.18 bits per heavy atom. The molecule has 0 aliphatic carbocycles. The minimum absolute atomic E-state index is 0.205. The standard InChI is InChI=1S/C13H23NO3/c1-6-16-11(15)12(4)13(17-12)7-10(3)14(5)8-9(13)2/h9-10H,6-8H2,1-5H3/t9-,10+,12-,13-/m0/s1. The fourth-order valence-electron chi connectivity index (χ4n) is 3.18. The molecule has 0 saturated carbocycles. The molecule has 17 heavy (non-hydrogen) atoms. The second-order valence-electron chi connectivity index (χ2n) is 5.64. The van der Waals surface area contributed by atoms with Crippen LogP contribution in [0.15, 0.2) is 0 Å². The molecule has 98 valence electrons. The third kappa shape index (κ3) is 1.69. The van der Waals surface area contributed by atoms with E-state index in [0.717, 1.165) is 13.0 Å². The Kier molecular flexibility index (Phi) is 2.99. The Morgan fingerprint density at radius 1 is 1.53 bits per heavy atom. The lowest BCUT2D eigenvalue weighted by Gasteiger charge is -2.39. The Balaban J connectivity index is 2.15. The molecule has 2 heterocycles. The topological polar surface area (TPSA) is 42.1 Å². The largest absolute Gasteiger partial charge is 0.464 e. The van der Waals surface area contributed by atoms with E-state index in [-0.39, 0.29) is 11.6 Å². The maximum atomic E-state index is 12.0. The summed E-state index contributed by atoms with van der Waals surface area (Å²) in [5.41, 5.74) is -1.02. The van der Waals surface area contributed by atoms with E-state index < -0.39 is 5.60 Å². The number of carbonyl (C=O) groups is 1. The van der Waals surface area contributed by atoms with Crippen LogP contribution in [0.3, 0.4) is 0 Å². The molecule has 2 aliphatic heterocycles. The number of hydrogen-bond donors (Lipinski definition) is 0. The average Bonchev–Trinajstić information content (AvgIpc) is 2.85. The lowest BCUT2D eigenvalue weighted by atomic mass is 9.76. The van der Waals surface area contributed by atoms with Crippen LogP contribution in [0, 0.1) is 5.92 Å². The molecule has 0 bridgehead atoms. The third-order valence-electron chi connectivity index (χ3n) is 4.53. The molecule has 0 aromatic heterocycles. The highest BCUT2D eigenvalue weighted by Gasteiger charge is 2.75. The normalized spacial score (nSPS) is 45.9. The molecule has 4 nitrogen and oxygen atoms in total. The number of carbonyl (C=O) groups excluding carboxylic acids is 1. The summed E-state index contributed by atoms with van der Waals surface area (Å²) in [7, 11) is 2.12. The van der Waals surface area contributed by atoms with Crippen LogP contribution in [0.4, 0.5) is 0 Å². The van der Waals surface area contributed by atoms with Crippen LogP contribution in [-0.4, -0.2) is 48.3 Å². The molecular formula is C13H23NO3. The van der Waals surface area contributed by atoms with Gasteiger partial charge in [0.15, 0.2) is 5.60 Å². The van der Waals surface area contributed by atoms with Gasteiger partial charge in [-0.05, 0) is 34.2 Å². The zero-order valence-corrected chi connectivity index (χ0v) is 11.4. The van der Waals surface area contributed by atoms with E-state index in [1.165, 1.54) is 0 Å². The first kappa shape index (κ1) is 12.8. The van der Waals surface area contributed by atoms with E-state index in [0.29, 0.717) is 18.6 Å². The lowest BCUT2D eigenvalue weighted by Crippen LogP contribution is -2.51. The van der Waals surface area contributed by atoms with E-state index in [2.05, 4.69) is 25.8 Å². The van der Waals surface area contributed by atoms with Crippen LogP contribution in [0.1, 0.15) is 34.1 Å². The predicted molar refractivity (Wildman–Crippen MR) is 64.7 cm³/mol. The molecule has 4 atom stereocenters. The summed E-state index contributed by atoms with van der Waals surface area (Å²) in [5, 5.41) is 0. The van der Waals surface area contributed by atoms with Gasteiger partial charge in [0.05, 0.1) is 6.61 Å². The summed E-state index contributed by atoms with van der Waals surface area (Å²) in [6, 6.07) is 0.447. The first-order valence-electron chi connectivity index (χ1n) is 6.45. The van der Waals surface area contributed by atoms with Gasteiger partial charge in [0.25, 0.3) is 0 Å². The SMILES string of the molecule is CCOC(=O)[C@]1(C)O[C@]12C[C@@H](C)N(C)C[C@@H]2C. The second kappa shape index (κ2) is 3.95. The van der Waals surface area contributed by atoms with Crippen molar-refractivity contribution >= 4 is 5.97 Å².